The van der Waals surface area contributed by atoms with Crippen molar-refractivity contribution in [3.05, 3.63) is 35.9 Å². The number of amides is 6. The topological polar surface area (TPSA) is 323 Å². The minimum Gasteiger partial charge on any atom is -0.479 e. The largest absolute Gasteiger partial charge is 0.479 e. The average molecular weight is 791 g/mol. The molecule has 56 heavy (non-hydrogen) atoms. The number of ether oxygens (including phenoxy) is 3. The first kappa shape index (κ1) is 45.0. The Balaban J connectivity index is 1.70. The molecule has 2 unspecified atom stereocenters. The van der Waals surface area contributed by atoms with E-state index >= 15 is 0 Å². The smallest absolute Gasteiger partial charge is 0.335 e. The van der Waals surface area contributed by atoms with Gasteiger partial charge in [0.15, 0.2) is 6.10 Å². The van der Waals surface area contributed by atoms with Gasteiger partial charge >= 0.3 is 5.97 Å². The molecule has 6 amide bonds. The van der Waals surface area contributed by atoms with Crippen LogP contribution in [-0.4, -0.2) is 143 Å². The summed E-state index contributed by atoms with van der Waals surface area (Å²) in [5, 5.41) is 50.4. The van der Waals surface area contributed by atoms with Crippen molar-refractivity contribution in [1.82, 2.24) is 20.9 Å². The van der Waals surface area contributed by atoms with E-state index in [0.29, 0.717) is 29.8 Å². The summed E-state index contributed by atoms with van der Waals surface area (Å²) in [5.74, 6) is -6.60. The number of anilines is 1. The maximum atomic E-state index is 13.3. The lowest BCUT2D eigenvalue weighted by Crippen LogP contribution is -2.61. The zero-order valence-electron chi connectivity index (χ0n) is 31.0. The molecule has 10 N–H and O–H groups in total. The second-order valence-electron chi connectivity index (χ2n) is 13.2. The summed E-state index contributed by atoms with van der Waals surface area (Å²) >= 11 is 0. The van der Waals surface area contributed by atoms with Crippen LogP contribution in [0.3, 0.4) is 0 Å². The van der Waals surface area contributed by atoms with Crippen LogP contribution in [-0.2, 0) is 49.6 Å². The monoisotopic (exact) mass is 790 g/mol. The van der Waals surface area contributed by atoms with Crippen LogP contribution in [0.5, 0.6) is 5.75 Å². The predicted octanol–water partition coefficient (Wildman–Crippen LogP) is -3.65. The molecule has 0 aromatic heterocycles. The van der Waals surface area contributed by atoms with Crippen molar-refractivity contribution in [2.45, 2.75) is 88.9 Å². The number of nitrogens with two attached hydrogens (primary N) is 1. The molecule has 1 aromatic carbocycles. The van der Waals surface area contributed by atoms with E-state index in [4.69, 9.17) is 19.9 Å². The Labute approximate surface area is 321 Å². The van der Waals surface area contributed by atoms with Gasteiger partial charge in [-0.15, -0.1) is 0 Å². The number of rotatable bonds is 20. The van der Waals surface area contributed by atoms with Crippen molar-refractivity contribution < 1.29 is 73.0 Å². The number of nitrogens with one attached hydrogen (secondary N) is 4. The fourth-order valence-electron chi connectivity index (χ4n) is 5.44. The van der Waals surface area contributed by atoms with Crippen molar-refractivity contribution in [3.63, 3.8) is 0 Å². The number of carbonyl (C=O) groups excluding carboxylic acids is 7. The molecule has 0 aliphatic carbocycles. The van der Waals surface area contributed by atoms with Crippen LogP contribution in [0.2, 0.25) is 0 Å². The lowest BCUT2D eigenvalue weighted by Gasteiger charge is -2.38. The molecule has 0 saturated carbocycles. The number of carboxylic acid groups (broad SMARTS) is 1. The fourth-order valence-corrected chi connectivity index (χ4v) is 5.44. The molecular weight excluding hydrogens is 743 g/mol. The fraction of sp³-hybridized carbons (Fsp3) is 0.529. The first-order valence-electron chi connectivity index (χ1n) is 17.7. The van der Waals surface area contributed by atoms with Crippen molar-refractivity contribution in [1.29, 1.82) is 0 Å². The van der Waals surface area contributed by atoms with Gasteiger partial charge in [0.05, 0.1) is 5.69 Å². The highest BCUT2D eigenvalue weighted by Gasteiger charge is 2.48. The van der Waals surface area contributed by atoms with Crippen LogP contribution in [0.1, 0.15) is 45.1 Å². The molecule has 1 saturated heterocycles. The minimum absolute atomic E-state index is 0.0676. The van der Waals surface area contributed by atoms with Crippen LogP contribution in [0, 0.1) is 5.92 Å². The Hall–Kier alpha value is -5.42. The van der Waals surface area contributed by atoms with Gasteiger partial charge in [-0.05, 0) is 37.0 Å². The second-order valence-corrected chi connectivity index (χ2v) is 13.2. The number of imide groups is 1. The Morgan fingerprint density at radius 2 is 1.59 bits per heavy atom. The van der Waals surface area contributed by atoms with E-state index in [0.717, 1.165) is 12.2 Å². The molecular formula is C34H47BN6O15. The Morgan fingerprint density at radius 1 is 0.929 bits per heavy atom. The number of hydrogen-bond donors (Lipinski definition) is 9. The lowest BCUT2D eigenvalue weighted by molar-refractivity contribution is -0.271. The van der Waals surface area contributed by atoms with Gasteiger partial charge in [0.1, 0.15) is 42.8 Å². The van der Waals surface area contributed by atoms with E-state index < -0.39 is 90.7 Å². The predicted molar refractivity (Wildman–Crippen MR) is 194 cm³/mol. The maximum Gasteiger partial charge on any atom is 0.335 e. The summed E-state index contributed by atoms with van der Waals surface area (Å²) in [5.41, 5.74) is 6.02. The van der Waals surface area contributed by atoms with Gasteiger partial charge in [0.2, 0.25) is 43.6 Å². The van der Waals surface area contributed by atoms with Crippen molar-refractivity contribution >= 4 is 60.8 Å². The van der Waals surface area contributed by atoms with Gasteiger partial charge in [-0.25, -0.2) is 4.79 Å². The molecule has 1 fully saturated rings. The molecule has 2 heterocycles. The molecule has 3 rings (SSSR count). The maximum absolute atomic E-state index is 13.3. The van der Waals surface area contributed by atoms with Gasteiger partial charge in [-0.2, -0.15) is 0 Å². The number of hydrogen-bond acceptors (Lipinski definition) is 15. The zero-order valence-corrected chi connectivity index (χ0v) is 31.0. The van der Waals surface area contributed by atoms with E-state index in [2.05, 4.69) is 21.3 Å². The van der Waals surface area contributed by atoms with Gasteiger partial charge in [-0.3, -0.25) is 38.5 Å². The number of aliphatic carboxylic acids is 1. The van der Waals surface area contributed by atoms with Gasteiger partial charge in [0.25, 0.3) is 11.8 Å². The molecule has 2 aliphatic rings. The quantitative estimate of drug-likeness (QED) is 0.0349. The van der Waals surface area contributed by atoms with Crippen LogP contribution >= 0.6 is 0 Å². The summed E-state index contributed by atoms with van der Waals surface area (Å²) in [4.78, 5) is 99.6. The van der Waals surface area contributed by atoms with Gasteiger partial charge < -0.3 is 61.6 Å². The third-order valence-electron chi connectivity index (χ3n) is 8.52. The molecule has 7 atom stereocenters. The number of aliphatic hydroxyl groups is 3. The summed E-state index contributed by atoms with van der Waals surface area (Å²) in [7, 11) is 1.18. The van der Waals surface area contributed by atoms with Crippen LogP contribution in [0.25, 0.3) is 0 Å². The van der Waals surface area contributed by atoms with Crippen molar-refractivity contribution in [2.24, 2.45) is 11.7 Å². The highest BCUT2D eigenvalue weighted by Crippen LogP contribution is 2.31. The van der Waals surface area contributed by atoms with E-state index in [1.807, 2.05) is 0 Å². The lowest BCUT2D eigenvalue weighted by atomic mass is 9.99. The van der Waals surface area contributed by atoms with Crippen LogP contribution in [0.15, 0.2) is 30.4 Å². The number of carbonyl (C=O) groups is 8. The normalized spacial score (nSPS) is 21.6. The second kappa shape index (κ2) is 21.0. The zero-order chi connectivity index (χ0) is 41.7. The van der Waals surface area contributed by atoms with Crippen LogP contribution in [0.4, 0.5) is 10.5 Å². The van der Waals surface area contributed by atoms with E-state index in [1.165, 1.54) is 26.0 Å². The van der Waals surface area contributed by atoms with Crippen LogP contribution < -0.4 is 31.7 Å². The highest BCUT2D eigenvalue weighted by atomic mass is 16.7. The molecule has 2 aliphatic heterocycles. The molecule has 0 bridgehead atoms. The molecule has 0 spiro atoms. The molecule has 21 nitrogen and oxygen atoms in total. The number of aliphatic hydroxyl groups excluding tert-OH is 3. The summed E-state index contributed by atoms with van der Waals surface area (Å²) in [6, 6.07) is 1.45. The number of benzene rings is 1. The molecule has 1 aromatic rings. The summed E-state index contributed by atoms with van der Waals surface area (Å²) < 4.78 is 15.8. The third-order valence-corrected chi connectivity index (χ3v) is 8.52. The van der Waals surface area contributed by atoms with Crippen molar-refractivity contribution in [3.8, 4) is 5.75 Å². The van der Waals surface area contributed by atoms with E-state index in [9.17, 15) is 58.8 Å². The SMILES string of the molecule is BC(=O)OCc1ccc(O[C@@H]2O[C@H](C(=O)O)[C@@H](O)[C@H](O)[C@H]2O)c(NC(=O)CCNC(=O)C(CCCCNC(=O)C(C)C)NC(=O)C(CN)N2C(=O)C=CC2=O)c1. The van der Waals surface area contributed by atoms with Gasteiger partial charge in [-0.1, -0.05) is 19.9 Å². The number of nitrogens with zero attached hydrogens (tertiary/aromatic N) is 1. The molecule has 22 heteroatoms. The standard InChI is InChI=1S/C34H47BN6O15/c1-16(2)29(48)37-11-4-3-5-18(40-31(50)20(14-36)41-23(43)8-9-24(41)44)30(49)38-12-10-22(42)39-19-13-17(15-54-34(35)53)6-7-21(19)55-33-27(47)25(45)26(46)28(56-33)32(51)52/h6-9,13,16,18,20,25-28,33,45-47H,3-5,10-12,14-15,35-36H2,1-2H3,(H,37,48)(H,38,49)(H,39,42)(H,40,50)(H,51,52)/t18?,20?,25-,26-,27+,28-,33+/m0/s1. The molecule has 0 radical (unpaired) electrons. The van der Waals surface area contributed by atoms with E-state index in [-0.39, 0.29) is 49.3 Å². The summed E-state index contributed by atoms with van der Waals surface area (Å²) in [6.07, 6.45) is -7.18. The first-order chi connectivity index (χ1) is 26.4. The molecule has 306 valence electrons. The Kier molecular flexibility index (Phi) is 16.9. The Bertz CT molecular complexity index is 1660. The first-order valence-corrected chi connectivity index (χ1v) is 17.7. The van der Waals surface area contributed by atoms with Gasteiger partial charge in [0, 0.05) is 44.1 Å². The highest BCUT2D eigenvalue weighted by molar-refractivity contribution is 6.55. The van der Waals surface area contributed by atoms with Crippen molar-refractivity contribution in [2.75, 3.05) is 25.0 Å². The average Bonchev–Trinajstić information content (AvgIpc) is 3.47. The number of carboxylic acids is 1. The number of unbranched alkanes of at least 4 members (excludes halogenated alkanes) is 1. The minimum atomic E-state index is -1.98. The Morgan fingerprint density at radius 3 is 2.20 bits per heavy atom. The van der Waals surface area contributed by atoms with E-state index in [1.54, 1.807) is 13.8 Å². The summed E-state index contributed by atoms with van der Waals surface area (Å²) in [6.45, 7) is 2.84. The third kappa shape index (κ3) is 12.6.